The summed E-state index contributed by atoms with van der Waals surface area (Å²) < 4.78 is 0. The first-order chi connectivity index (χ1) is 10.6. The van der Waals surface area contributed by atoms with Crippen LogP contribution in [0.4, 0.5) is 0 Å². The zero-order valence-corrected chi connectivity index (χ0v) is 13.0. The molecule has 2 saturated heterocycles. The number of aryl methyl sites for hydroxylation is 1. The maximum Gasteiger partial charge on any atom is 0.237 e. The van der Waals surface area contributed by atoms with Crippen molar-refractivity contribution in [1.29, 1.82) is 0 Å². The molecular formula is C17H23N3O2. The maximum atomic E-state index is 12.4. The van der Waals surface area contributed by atoms with E-state index < -0.39 is 0 Å². The van der Waals surface area contributed by atoms with Crippen LogP contribution in [0, 0.1) is 6.92 Å². The van der Waals surface area contributed by atoms with E-state index in [1.807, 2.05) is 15.9 Å². The molecular weight excluding hydrogens is 278 g/mol. The molecule has 2 amide bonds. The number of nitrogens with zero attached hydrogens (tertiary/aromatic N) is 2. The third kappa shape index (κ3) is 3.30. The van der Waals surface area contributed by atoms with Crippen molar-refractivity contribution in [2.75, 3.05) is 26.2 Å². The molecule has 1 N–H and O–H groups in total. The number of hydrogen-bond donors (Lipinski definition) is 1. The summed E-state index contributed by atoms with van der Waals surface area (Å²) in [4.78, 5) is 28.3. The Bertz CT molecular complexity index is 573. The van der Waals surface area contributed by atoms with Crippen molar-refractivity contribution in [2.24, 2.45) is 0 Å². The number of piperidine rings is 1. The van der Waals surface area contributed by atoms with Crippen LogP contribution in [0.2, 0.25) is 0 Å². The number of carbonyl (C=O) groups is 2. The number of amides is 2. The number of carbonyl (C=O) groups excluding carboxylic acids is 2. The minimum absolute atomic E-state index is 0.0752. The highest BCUT2D eigenvalue weighted by Crippen LogP contribution is 2.16. The fourth-order valence-corrected chi connectivity index (χ4v) is 3.30. The fraction of sp³-hybridized carbons (Fsp3) is 0.529. The first-order valence-electron chi connectivity index (χ1n) is 7.98. The molecule has 0 aliphatic carbocycles. The Morgan fingerprint density at radius 2 is 2.14 bits per heavy atom. The van der Waals surface area contributed by atoms with Gasteiger partial charge in [-0.15, -0.1) is 0 Å². The molecule has 0 spiro atoms. The standard InChI is InChI=1S/C17H23N3O2/c1-13-4-2-5-14(10-13)11-20-9-8-19(12-16(20)21)15-6-3-7-18-17(15)22/h2,4-5,10,15H,3,6-9,11-12H2,1H3,(H,18,22). The van der Waals surface area contributed by atoms with Crippen LogP contribution in [0.5, 0.6) is 0 Å². The van der Waals surface area contributed by atoms with Gasteiger partial charge >= 0.3 is 0 Å². The van der Waals surface area contributed by atoms with E-state index in [2.05, 4.69) is 30.4 Å². The second-order valence-corrected chi connectivity index (χ2v) is 6.22. The molecule has 118 valence electrons. The highest BCUT2D eigenvalue weighted by atomic mass is 16.2. The van der Waals surface area contributed by atoms with Crippen LogP contribution >= 0.6 is 0 Å². The Morgan fingerprint density at radius 1 is 1.27 bits per heavy atom. The van der Waals surface area contributed by atoms with Crippen LogP contribution in [0.3, 0.4) is 0 Å². The predicted molar refractivity (Wildman–Crippen MR) is 84.2 cm³/mol. The summed E-state index contributed by atoms with van der Waals surface area (Å²) in [5.41, 5.74) is 2.37. The van der Waals surface area contributed by atoms with Crippen molar-refractivity contribution in [2.45, 2.75) is 32.4 Å². The monoisotopic (exact) mass is 301 g/mol. The summed E-state index contributed by atoms with van der Waals surface area (Å²) in [7, 11) is 0. The summed E-state index contributed by atoms with van der Waals surface area (Å²) in [6, 6.07) is 8.14. The molecule has 5 heteroatoms. The van der Waals surface area contributed by atoms with Gasteiger partial charge in [-0.3, -0.25) is 14.5 Å². The first kappa shape index (κ1) is 15.0. The number of hydrogen-bond acceptors (Lipinski definition) is 3. The largest absolute Gasteiger partial charge is 0.355 e. The van der Waals surface area contributed by atoms with E-state index in [1.165, 1.54) is 5.56 Å². The third-order valence-electron chi connectivity index (χ3n) is 4.50. The average Bonchev–Trinajstić information content (AvgIpc) is 2.50. The molecule has 2 fully saturated rings. The molecule has 1 aromatic carbocycles. The lowest BCUT2D eigenvalue weighted by Gasteiger charge is -2.39. The second-order valence-electron chi connectivity index (χ2n) is 6.22. The van der Waals surface area contributed by atoms with E-state index in [0.29, 0.717) is 19.6 Å². The minimum atomic E-state index is -0.126. The van der Waals surface area contributed by atoms with Crippen LogP contribution in [-0.4, -0.2) is 53.8 Å². The molecule has 3 rings (SSSR count). The molecule has 1 atom stereocenters. The first-order valence-corrected chi connectivity index (χ1v) is 7.98. The number of rotatable bonds is 3. The highest BCUT2D eigenvalue weighted by molar-refractivity contribution is 5.84. The zero-order chi connectivity index (χ0) is 15.5. The normalized spacial score (nSPS) is 23.5. The molecule has 0 saturated carbocycles. The maximum absolute atomic E-state index is 12.4. The van der Waals surface area contributed by atoms with E-state index in [-0.39, 0.29) is 17.9 Å². The lowest BCUT2D eigenvalue weighted by Crippen LogP contribution is -2.58. The van der Waals surface area contributed by atoms with Gasteiger partial charge in [0.2, 0.25) is 11.8 Å². The molecule has 22 heavy (non-hydrogen) atoms. The van der Waals surface area contributed by atoms with Crippen molar-refractivity contribution in [3.8, 4) is 0 Å². The van der Waals surface area contributed by atoms with E-state index in [4.69, 9.17) is 0 Å². The van der Waals surface area contributed by atoms with Crippen molar-refractivity contribution in [3.63, 3.8) is 0 Å². The smallest absolute Gasteiger partial charge is 0.237 e. The summed E-state index contributed by atoms with van der Waals surface area (Å²) in [6.07, 6.45) is 1.85. The van der Waals surface area contributed by atoms with Crippen LogP contribution in [0.25, 0.3) is 0 Å². The Hall–Kier alpha value is -1.88. The van der Waals surface area contributed by atoms with Crippen LogP contribution < -0.4 is 5.32 Å². The van der Waals surface area contributed by atoms with Crippen LogP contribution in [0.15, 0.2) is 24.3 Å². The number of benzene rings is 1. The highest BCUT2D eigenvalue weighted by Gasteiger charge is 2.33. The molecule has 1 unspecified atom stereocenters. The van der Waals surface area contributed by atoms with Crippen LogP contribution in [0.1, 0.15) is 24.0 Å². The molecule has 1 aromatic rings. The van der Waals surface area contributed by atoms with Crippen molar-refractivity contribution in [1.82, 2.24) is 15.1 Å². The van der Waals surface area contributed by atoms with Crippen molar-refractivity contribution >= 4 is 11.8 Å². The topological polar surface area (TPSA) is 52.6 Å². The van der Waals surface area contributed by atoms with Crippen molar-refractivity contribution in [3.05, 3.63) is 35.4 Å². The van der Waals surface area contributed by atoms with Gasteiger partial charge < -0.3 is 10.2 Å². The van der Waals surface area contributed by atoms with E-state index in [0.717, 1.165) is 31.5 Å². The average molecular weight is 301 g/mol. The molecule has 2 aliphatic heterocycles. The van der Waals surface area contributed by atoms with Gasteiger partial charge in [-0.05, 0) is 25.3 Å². The van der Waals surface area contributed by atoms with Gasteiger partial charge in [-0.1, -0.05) is 29.8 Å². The molecule has 0 radical (unpaired) electrons. The summed E-state index contributed by atoms with van der Waals surface area (Å²) in [5.74, 6) is 0.192. The number of piperazine rings is 1. The Kier molecular flexibility index (Phi) is 4.43. The van der Waals surface area contributed by atoms with Crippen LogP contribution in [-0.2, 0) is 16.1 Å². The molecule has 0 aromatic heterocycles. The van der Waals surface area contributed by atoms with Gasteiger partial charge in [0.15, 0.2) is 0 Å². The third-order valence-corrected chi connectivity index (χ3v) is 4.50. The summed E-state index contributed by atoms with van der Waals surface area (Å²) >= 11 is 0. The zero-order valence-electron chi connectivity index (χ0n) is 13.0. The second kappa shape index (κ2) is 6.48. The van der Waals surface area contributed by atoms with E-state index >= 15 is 0 Å². The molecule has 0 bridgehead atoms. The van der Waals surface area contributed by atoms with Gasteiger partial charge in [0, 0.05) is 26.2 Å². The fourth-order valence-electron chi connectivity index (χ4n) is 3.30. The van der Waals surface area contributed by atoms with Gasteiger partial charge in [0.1, 0.15) is 0 Å². The molecule has 5 nitrogen and oxygen atoms in total. The van der Waals surface area contributed by atoms with Gasteiger partial charge in [-0.2, -0.15) is 0 Å². The minimum Gasteiger partial charge on any atom is -0.355 e. The van der Waals surface area contributed by atoms with E-state index in [9.17, 15) is 9.59 Å². The molecule has 2 heterocycles. The summed E-state index contributed by atoms with van der Waals surface area (Å²) in [6.45, 7) is 5.29. The summed E-state index contributed by atoms with van der Waals surface area (Å²) in [5, 5.41) is 2.90. The lowest BCUT2D eigenvalue weighted by molar-refractivity contribution is -0.140. The SMILES string of the molecule is Cc1cccc(CN2CCN(C3CCCNC3=O)CC2=O)c1. The van der Waals surface area contributed by atoms with Gasteiger partial charge in [0.05, 0.1) is 12.6 Å². The van der Waals surface area contributed by atoms with Gasteiger partial charge in [-0.25, -0.2) is 0 Å². The van der Waals surface area contributed by atoms with Crippen molar-refractivity contribution < 1.29 is 9.59 Å². The molecule has 2 aliphatic rings. The van der Waals surface area contributed by atoms with Gasteiger partial charge in [0.25, 0.3) is 0 Å². The Balaban J connectivity index is 1.60. The number of nitrogens with one attached hydrogen (secondary N) is 1. The lowest BCUT2D eigenvalue weighted by atomic mass is 10.0. The van der Waals surface area contributed by atoms with E-state index in [1.54, 1.807) is 0 Å². The Labute approximate surface area is 131 Å². The Morgan fingerprint density at radius 3 is 2.86 bits per heavy atom. The predicted octanol–water partition coefficient (Wildman–Crippen LogP) is 0.918. The quantitative estimate of drug-likeness (QED) is 0.903.